The molecule has 0 aromatic rings. The van der Waals surface area contributed by atoms with E-state index in [2.05, 4.69) is 10.6 Å². The first-order chi connectivity index (χ1) is 5.18. The molecular weight excluding hydrogens is 144 g/mol. The van der Waals surface area contributed by atoms with E-state index in [1.165, 1.54) is 0 Å². The molecule has 0 amide bonds. The summed E-state index contributed by atoms with van der Waals surface area (Å²) < 4.78 is 0. The number of rotatable bonds is 6. The fourth-order valence-electron chi connectivity index (χ4n) is 0.986. The SMILES string of the molecule is CCNC(O)(CCO)NCC. The Bertz CT molecular complexity index is 81.4. The van der Waals surface area contributed by atoms with Crippen molar-refractivity contribution in [3.05, 3.63) is 0 Å². The van der Waals surface area contributed by atoms with E-state index in [1.807, 2.05) is 13.8 Å². The topological polar surface area (TPSA) is 64.5 Å². The van der Waals surface area contributed by atoms with Crippen molar-refractivity contribution in [2.24, 2.45) is 0 Å². The average molecular weight is 162 g/mol. The zero-order valence-electron chi connectivity index (χ0n) is 7.22. The Morgan fingerprint density at radius 3 is 1.91 bits per heavy atom. The van der Waals surface area contributed by atoms with Gasteiger partial charge in [0.05, 0.1) is 0 Å². The third-order valence-electron chi connectivity index (χ3n) is 1.41. The summed E-state index contributed by atoms with van der Waals surface area (Å²) in [7, 11) is 0. The summed E-state index contributed by atoms with van der Waals surface area (Å²) in [6.07, 6.45) is 0.300. The maximum atomic E-state index is 9.63. The summed E-state index contributed by atoms with van der Waals surface area (Å²) in [5, 5.41) is 23.9. The second-order valence-corrected chi connectivity index (χ2v) is 2.39. The molecule has 0 fully saturated rings. The molecule has 0 aromatic heterocycles. The van der Waals surface area contributed by atoms with Crippen LogP contribution in [0.1, 0.15) is 20.3 Å². The summed E-state index contributed by atoms with van der Waals surface area (Å²) in [5.74, 6) is -1.10. The van der Waals surface area contributed by atoms with Gasteiger partial charge in [0.25, 0.3) is 0 Å². The van der Waals surface area contributed by atoms with Crippen molar-refractivity contribution in [3.63, 3.8) is 0 Å². The first kappa shape index (κ1) is 10.8. The van der Waals surface area contributed by atoms with Gasteiger partial charge >= 0.3 is 0 Å². The second kappa shape index (κ2) is 5.49. The van der Waals surface area contributed by atoms with E-state index in [1.54, 1.807) is 0 Å². The van der Waals surface area contributed by atoms with Crippen LogP contribution in [-0.2, 0) is 0 Å². The highest BCUT2D eigenvalue weighted by atomic mass is 16.3. The van der Waals surface area contributed by atoms with Gasteiger partial charge < -0.3 is 10.2 Å². The smallest absolute Gasteiger partial charge is 0.174 e. The van der Waals surface area contributed by atoms with Gasteiger partial charge in [0.1, 0.15) is 0 Å². The number of aliphatic hydroxyl groups excluding tert-OH is 1. The number of aliphatic hydroxyl groups is 2. The Morgan fingerprint density at radius 1 is 1.18 bits per heavy atom. The molecule has 0 rings (SSSR count). The molecule has 4 nitrogen and oxygen atoms in total. The maximum absolute atomic E-state index is 9.63. The van der Waals surface area contributed by atoms with Crippen LogP contribution in [0.3, 0.4) is 0 Å². The summed E-state index contributed by atoms with van der Waals surface area (Å²) in [6, 6.07) is 0. The van der Waals surface area contributed by atoms with Crippen LogP contribution in [0, 0.1) is 0 Å². The van der Waals surface area contributed by atoms with Crippen LogP contribution in [0.2, 0.25) is 0 Å². The molecule has 0 saturated carbocycles. The predicted octanol–water partition coefficient (Wildman–Crippen LogP) is -0.766. The number of hydrogen-bond acceptors (Lipinski definition) is 4. The van der Waals surface area contributed by atoms with Gasteiger partial charge in [-0.25, -0.2) is 0 Å². The highest BCUT2D eigenvalue weighted by Crippen LogP contribution is 1.99. The van der Waals surface area contributed by atoms with E-state index >= 15 is 0 Å². The van der Waals surface area contributed by atoms with Gasteiger partial charge in [0.15, 0.2) is 5.85 Å². The second-order valence-electron chi connectivity index (χ2n) is 2.39. The normalized spacial score (nSPS) is 12.0. The molecular formula is C7H18N2O2. The Kier molecular flexibility index (Phi) is 5.41. The van der Waals surface area contributed by atoms with Crippen LogP contribution in [0.5, 0.6) is 0 Å². The van der Waals surface area contributed by atoms with Gasteiger partial charge in [0, 0.05) is 13.0 Å². The molecule has 0 spiro atoms. The van der Waals surface area contributed by atoms with Gasteiger partial charge in [0.2, 0.25) is 0 Å². The molecule has 0 saturated heterocycles. The lowest BCUT2D eigenvalue weighted by molar-refractivity contribution is -0.0434. The Hall–Kier alpha value is -0.160. The molecule has 0 aliphatic heterocycles. The van der Waals surface area contributed by atoms with Crippen LogP contribution < -0.4 is 10.6 Å². The van der Waals surface area contributed by atoms with Crippen LogP contribution in [0.25, 0.3) is 0 Å². The summed E-state index contributed by atoms with van der Waals surface area (Å²) in [4.78, 5) is 0. The van der Waals surface area contributed by atoms with Crippen molar-refractivity contribution >= 4 is 0 Å². The van der Waals surface area contributed by atoms with E-state index in [0.29, 0.717) is 19.5 Å². The zero-order valence-corrected chi connectivity index (χ0v) is 7.22. The Labute approximate surface area is 67.6 Å². The van der Waals surface area contributed by atoms with Crippen molar-refractivity contribution in [3.8, 4) is 0 Å². The highest BCUT2D eigenvalue weighted by Gasteiger charge is 2.22. The van der Waals surface area contributed by atoms with Gasteiger partial charge in [-0.15, -0.1) is 0 Å². The standard InChI is InChI=1S/C7H18N2O2/c1-3-8-7(11,5-6-10)9-4-2/h8-11H,3-6H2,1-2H3. The van der Waals surface area contributed by atoms with Crippen molar-refractivity contribution in [2.45, 2.75) is 26.1 Å². The number of hydrogen-bond donors (Lipinski definition) is 4. The van der Waals surface area contributed by atoms with Gasteiger partial charge in [-0.3, -0.25) is 10.6 Å². The predicted molar refractivity (Wildman–Crippen MR) is 44.0 cm³/mol. The molecule has 0 aliphatic carbocycles. The highest BCUT2D eigenvalue weighted by molar-refractivity contribution is 4.70. The average Bonchev–Trinajstić information content (AvgIpc) is 1.88. The molecule has 11 heavy (non-hydrogen) atoms. The minimum Gasteiger partial charge on any atom is -0.396 e. The molecule has 68 valence electrons. The van der Waals surface area contributed by atoms with Gasteiger partial charge in [-0.05, 0) is 13.1 Å². The lowest BCUT2D eigenvalue weighted by Gasteiger charge is -2.28. The molecule has 0 unspecified atom stereocenters. The fraction of sp³-hybridized carbons (Fsp3) is 1.00. The van der Waals surface area contributed by atoms with Crippen molar-refractivity contribution in [1.29, 1.82) is 0 Å². The van der Waals surface area contributed by atoms with E-state index in [9.17, 15) is 5.11 Å². The molecule has 0 heterocycles. The molecule has 0 radical (unpaired) electrons. The summed E-state index contributed by atoms with van der Waals surface area (Å²) >= 11 is 0. The summed E-state index contributed by atoms with van der Waals surface area (Å²) in [5.41, 5.74) is 0. The van der Waals surface area contributed by atoms with Gasteiger partial charge in [-0.2, -0.15) is 0 Å². The van der Waals surface area contributed by atoms with Crippen LogP contribution in [-0.4, -0.2) is 35.8 Å². The van der Waals surface area contributed by atoms with Gasteiger partial charge in [-0.1, -0.05) is 13.8 Å². The van der Waals surface area contributed by atoms with Crippen LogP contribution in [0.15, 0.2) is 0 Å². The third-order valence-corrected chi connectivity index (χ3v) is 1.41. The Balaban J connectivity index is 3.79. The minimum absolute atomic E-state index is 0.0312. The summed E-state index contributed by atoms with van der Waals surface area (Å²) in [6.45, 7) is 5.11. The van der Waals surface area contributed by atoms with Crippen LogP contribution in [0.4, 0.5) is 0 Å². The number of nitrogens with one attached hydrogen (secondary N) is 2. The molecule has 4 N–H and O–H groups in total. The molecule has 0 atom stereocenters. The monoisotopic (exact) mass is 162 g/mol. The lowest BCUT2D eigenvalue weighted by atomic mass is 10.3. The van der Waals surface area contributed by atoms with Crippen molar-refractivity contribution < 1.29 is 10.2 Å². The first-order valence-electron chi connectivity index (χ1n) is 4.01. The van der Waals surface area contributed by atoms with E-state index in [-0.39, 0.29) is 6.61 Å². The quantitative estimate of drug-likeness (QED) is 0.387. The van der Waals surface area contributed by atoms with Crippen LogP contribution >= 0.6 is 0 Å². The largest absolute Gasteiger partial charge is 0.396 e. The molecule has 0 bridgehead atoms. The lowest BCUT2D eigenvalue weighted by Crippen LogP contribution is -2.57. The molecule has 0 aromatic carbocycles. The molecule has 4 heteroatoms. The maximum Gasteiger partial charge on any atom is 0.174 e. The van der Waals surface area contributed by atoms with E-state index in [4.69, 9.17) is 5.11 Å². The van der Waals surface area contributed by atoms with E-state index in [0.717, 1.165) is 0 Å². The van der Waals surface area contributed by atoms with Crippen molar-refractivity contribution in [1.82, 2.24) is 10.6 Å². The Morgan fingerprint density at radius 2 is 1.64 bits per heavy atom. The fourth-order valence-corrected chi connectivity index (χ4v) is 0.986. The third kappa shape index (κ3) is 4.31. The first-order valence-corrected chi connectivity index (χ1v) is 4.01. The van der Waals surface area contributed by atoms with Crippen molar-refractivity contribution in [2.75, 3.05) is 19.7 Å². The zero-order chi connectivity index (χ0) is 8.74. The minimum atomic E-state index is -1.10. The van der Waals surface area contributed by atoms with E-state index < -0.39 is 5.85 Å². The molecule has 0 aliphatic rings.